The Hall–Kier alpha value is -3.02. The standard InChI is InChI=1S/C18H19N5O/c1-12(2)11-20-18(24)15-8-9-16(23-22-15)21-14-7-3-5-13-6-4-10-19-17(13)14/h3-10,12H,11H2,1-2H3,(H,20,24)(H,21,23). The number of carbonyl (C=O) groups is 1. The van der Waals surface area contributed by atoms with E-state index in [9.17, 15) is 4.79 Å². The molecule has 2 N–H and O–H groups in total. The highest BCUT2D eigenvalue weighted by atomic mass is 16.1. The molecule has 1 aromatic carbocycles. The maximum Gasteiger partial charge on any atom is 0.271 e. The van der Waals surface area contributed by atoms with E-state index in [1.54, 1.807) is 18.3 Å². The molecular weight excluding hydrogens is 302 g/mol. The Bertz CT molecular complexity index is 840. The summed E-state index contributed by atoms with van der Waals surface area (Å²) in [6.07, 6.45) is 1.75. The fraction of sp³-hybridized carbons (Fsp3) is 0.222. The van der Waals surface area contributed by atoms with Crippen molar-refractivity contribution in [2.45, 2.75) is 13.8 Å². The van der Waals surface area contributed by atoms with Gasteiger partial charge in [0.25, 0.3) is 5.91 Å². The van der Waals surface area contributed by atoms with Gasteiger partial charge in [-0.05, 0) is 30.2 Å². The van der Waals surface area contributed by atoms with Gasteiger partial charge in [-0.1, -0.05) is 32.0 Å². The Morgan fingerprint density at radius 1 is 1.08 bits per heavy atom. The molecule has 24 heavy (non-hydrogen) atoms. The lowest BCUT2D eigenvalue weighted by molar-refractivity contribution is 0.0943. The number of benzene rings is 1. The molecule has 2 heterocycles. The minimum absolute atomic E-state index is 0.213. The summed E-state index contributed by atoms with van der Waals surface area (Å²) in [6, 6.07) is 13.2. The van der Waals surface area contributed by atoms with Crippen LogP contribution in [0.25, 0.3) is 10.9 Å². The summed E-state index contributed by atoms with van der Waals surface area (Å²) in [5.74, 6) is 0.741. The molecule has 3 rings (SSSR count). The third-order valence-corrected chi connectivity index (χ3v) is 3.46. The number of rotatable bonds is 5. The molecule has 0 bridgehead atoms. The highest BCUT2D eigenvalue weighted by molar-refractivity contribution is 5.93. The summed E-state index contributed by atoms with van der Waals surface area (Å²) in [5, 5.41) is 15.1. The molecule has 0 saturated heterocycles. The first kappa shape index (κ1) is 15.9. The quantitative estimate of drug-likeness (QED) is 0.754. The van der Waals surface area contributed by atoms with Crippen molar-refractivity contribution >= 4 is 28.3 Å². The molecule has 3 aromatic rings. The first-order valence-electron chi connectivity index (χ1n) is 7.86. The van der Waals surface area contributed by atoms with Gasteiger partial charge in [0, 0.05) is 18.1 Å². The minimum atomic E-state index is -0.213. The molecule has 0 unspecified atom stereocenters. The van der Waals surface area contributed by atoms with Gasteiger partial charge >= 0.3 is 0 Å². The van der Waals surface area contributed by atoms with Gasteiger partial charge < -0.3 is 10.6 Å². The van der Waals surface area contributed by atoms with E-state index in [4.69, 9.17) is 0 Å². The van der Waals surface area contributed by atoms with Gasteiger partial charge in [0.15, 0.2) is 11.5 Å². The van der Waals surface area contributed by atoms with Crippen molar-refractivity contribution in [2.24, 2.45) is 5.92 Å². The molecule has 0 spiro atoms. The molecule has 0 aliphatic carbocycles. The highest BCUT2D eigenvalue weighted by Gasteiger charge is 2.09. The summed E-state index contributed by atoms with van der Waals surface area (Å²) < 4.78 is 0. The Labute approximate surface area is 140 Å². The Morgan fingerprint density at radius 2 is 1.92 bits per heavy atom. The lowest BCUT2D eigenvalue weighted by atomic mass is 10.2. The van der Waals surface area contributed by atoms with Crippen LogP contribution in [0.15, 0.2) is 48.7 Å². The number of hydrogen-bond acceptors (Lipinski definition) is 5. The molecule has 122 valence electrons. The number of fused-ring (bicyclic) bond motifs is 1. The fourth-order valence-corrected chi connectivity index (χ4v) is 2.25. The zero-order valence-electron chi connectivity index (χ0n) is 13.7. The zero-order chi connectivity index (χ0) is 16.9. The zero-order valence-corrected chi connectivity index (χ0v) is 13.7. The van der Waals surface area contributed by atoms with E-state index in [1.807, 2.05) is 44.2 Å². The minimum Gasteiger partial charge on any atom is -0.350 e. The first-order chi connectivity index (χ1) is 11.6. The lowest BCUT2D eigenvalue weighted by Gasteiger charge is -2.09. The van der Waals surface area contributed by atoms with E-state index in [1.165, 1.54) is 0 Å². The summed E-state index contributed by atoms with van der Waals surface area (Å²) in [7, 11) is 0. The Morgan fingerprint density at radius 3 is 2.67 bits per heavy atom. The van der Waals surface area contributed by atoms with E-state index in [0.29, 0.717) is 24.0 Å². The molecule has 1 amide bonds. The van der Waals surface area contributed by atoms with Crippen molar-refractivity contribution in [3.05, 3.63) is 54.4 Å². The van der Waals surface area contributed by atoms with E-state index in [-0.39, 0.29) is 5.91 Å². The second kappa shape index (κ2) is 7.04. The van der Waals surface area contributed by atoms with Crippen LogP contribution in [0.1, 0.15) is 24.3 Å². The van der Waals surface area contributed by atoms with Crippen LogP contribution >= 0.6 is 0 Å². The maximum absolute atomic E-state index is 11.9. The van der Waals surface area contributed by atoms with E-state index >= 15 is 0 Å². The number of nitrogens with one attached hydrogen (secondary N) is 2. The van der Waals surface area contributed by atoms with E-state index in [0.717, 1.165) is 16.6 Å². The van der Waals surface area contributed by atoms with Gasteiger partial charge in [-0.2, -0.15) is 0 Å². The molecule has 0 saturated carbocycles. The average molecular weight is 321 g/mol. The lowest BCUT2D eigenvalue weighted by Crippen LogP contribution is -2.28. The monoisotopic (exact) mass is 321 g/mol. The van der Waals surface area contributed by atoms with Crippen LogP contribution in [0.5, 0.6) is 0 Å². The number of amides is 1. The van der Waals surface area contributed by atoms with Gasteiger partial charge in [-0.15, -0.1) is 10.2 Å². The first-order valence-corrected chi connectivity index (χ1v) is 7.86. The van der Waals surface area contributed by atoms with Crippen molar-refractivity contribution in [3.63, 3.8) is 0 Å². The van der Waals surface area contributed by atoms with Crippen LogP contribution < -0.4 is 10.6 Å². The van der Waals surface area contributed by atoms with Crippen molar-refractivity contribution < 1.29 is 4.79 Å². The van der Waals surface area contributed by atoms with Crippen LogP contribution in [0.2, 0.25) is 0 Å². The Balaban J connectivity index is 1.75. The van der Waals surface area contributed by atoms with Crippen LogP contribution in [0.4, 0.5) is 11.5 Å². The summed E-state index contributed by atoms with van der Waals surface area (Å²) in [4.78, 5) is 16.3. The predicted molar refractivity (Wildman–Crippen MR) is 94.2 cm³/mol. The number of pyridine rings is 1. The molecule has 0 aliphatic heterocycles. The number of anilines is 2. The third kappa shape index (κ3) is 3.65. The van der Waals surface area contributed by atoms with Crippen LogP contribution in [-0.2, 0) is 0 Å². The maximum atomic E-state index is 11.9. The number of carbonyl (C=O) groups excluding carboxylic acids is 1. The molecule has 6 nitrogen and oxygen atoms in total. The van der Waals surface area contributed by atoms with E-state index in [2.05, 4.69) is 25.8 Å². The predicted octanol–water partition coefficient (Wildman–Crippen LogP) is 3.15. The van der Waals surface area contributed by atoms with Crippen molar-refractivity contribution in [1.82, 2.24) is 20.5 Å². The number of hydrogen-bond donors (Lipinski definition) is 2. The van der Waals surface area contributed by atoms with Gasteiger partial charge in [0.2, 0.25) is 0 Å². The Kier molecular flexibility index (Phi) is 4.65. The second-order valence-electron chi connectivity index (χ2n) is 5.91. The summed E-state index contributed by atoms with van der Waals surface area (Å²) in [6.45, 7) is 4.69. The third-order valence-electron chi connectivity index (χ3n) is 3.46. The number of aromatic nitrogens is 3. The van der Waals surface area contributed by atoms with Gasteiger partial charge in [-0.25, -0.2) is 0 Å². The smallest absolute Gasteiger partial charge is 0.271 e. The topological polar surface area (TPSA) is 79.8 Å². The summed E-state index contributed by atoms with van der Waals surface area (Å²) in [5.41, 5.74) is 2.01. The molecule has 0 atom stereocenters. The van der Waals surface area contributed by atoms with Crippen molar-refractivity contribution in [2.75, 3.05) is 11.9 Å². The van der Waals surface area contributed by atoms with Gasteiger partial charge in [0.05, 0.1) is 11.2 Å². The molecule has 6 heteroatoms. The molecule has 2 aromatic heterocycles. The second-order valence-corrected chi connectivity index (χ2v) is 5.91. The van der Waals surface area contributed by atoms with Crippen LogP contribution in [-0.4, -0.2) is 27.6 Å². The molecule has 0 radical (unpaired) electrons. The normalized spacial score (nSPS) is 10.8. The fourth-order valence-electron chi connectivity index (χ4n) is 2.25. The van der Waals surface area contributed by atoms with Crippen LogP contribution in [0.3, 0.4) is 0 Å². The molecule has 0 fully saturated rings. The SMILES string of the molecule is CC(C)CNC(=O)c1ccc(Nc2cccc3cccnc23)nn1. The number of para-hydroxylation sites is 1. The van der Waals surface area contributed by atoms with Crippen LogP contribution in [0, 0.1) is 5.92 Å². The van der Waals surface area contributed by atoms with Crippen molar-refractivity contribution in [1.29, 1.82) is 0 Å². The summed E-state index contributed by atoms with van der Waals surface area (Å²) >= 11 is 0. The molecule has 0 aliphatic rings. The number of nitrogens with zero attached hydrogens (tertiary/aromatic N) is 3. The largest absolute Gasteiger partial charge is 0.350 e. The van der Waals surface area contributed by atoms with Crippen molar-refractivity contribution in [3.8, 4) is 0 Å². The average Bonchev–Trinajstić information content (AvgIpc) is 2.60. The highest BCUT2D eigenvalue weighted by Crippen LogP contribution is 2.23. The van der Waals surface area contributed by atoms with Gasteiger partial charge in [-0.3, -0.25) is 9.78 Å². The van der Waals surface area contributed by atoms with E-state index < -0.39 is 0 Å². The van der Waals surface area contributed by atoms with Gasteiger partial charge in [0.1, 0.15) is 0 Å². The molecular formula is C18H19N5O.